The molecule has 2 heterocycles. The molecule has 100 valence electrons. The maximum atomic E-state index is 12.0. The minimum atomic E-state index is -0.0570. The van der Waals surface area contributed by atoms with Crippen molar-refractivity contribution in [3.63, 3.8) is 0 Å². The van der Waals surface area contributed by atoms with Crippen molar-refractivity contribution in [2.45, 2.75) is 25.2 Å². The second-order valence-electron chi connectivity index (χ2n) is 5.80. The normalized spacial score (nSPS) is 20.4. The van der Waals surface area contributed by atoms with Crippen LogP contribution in [-0.4, -0.2) is 16.4 Å². The van der Waals surface area contributed by atoms with Gasteiger partial charge in [-0.2, -0.15) is 0 Å². The van der Waals surface area contributed by atoms with Gasteiger partial charge >= 0.3 is 0 Å². The van der Waals surface area contributed by atoms with Crippen molar-refractivity contribution < 1.29 is 0 Å². The predicted octanol–water partition coefficient (Wildman–Crippen LogP) is 3.01. The van der Waals surface area contributed by atoms with Crippen molar-refractivity contribution >= 4 is 23.6 Å². The van der Waals surface area contributed by atoms with Crippen molar-refractivity contribution in [2.75, 3.05) is 0 Å². The van der Waals surface area contributed by atoms with E-state index < -0.39 is 0 Å². The molecule has 0 spiro atoms. The van der Waals surface area contributed by atoms with Gasteiger partial charge in [-0.15, -0.1) is 0 Å². The number of nitrogens with zero attached hydrogens (tertiary/aromatic N) is 1. The van der Waals surface area contributed by atoms with Gasteiger partial charge in [0.15, 0.2) is 0 Å². The summed E-state index contributed by atoms with van der Waals surface area (Å²) in [5.41, 5.74) is 4.87. The standard InChI is InChI=1S/C16H15N3O/c1-16(6-7-16)14-12(15(20)19-18-14)8-10-9-17-13-5-3-2-4-11(10)13/h2-5,8-9H,6-7H2,1H3,(H2,18,19,20). The Morgan fingerprint density at radius 1 is 1.25 bits per heavy atom. The molecule has 1 aliphatic heterocycles. The molecule has 1 aliphatic carbocycles. The first-order chi connectivity index (χ1) is 9.67. The van der Waals surface area contributed by atoms with Crippen LogP contribution in [0.3, 0.4) is 0 Å². The number of hydrogen-bond donors (Lipinski definition) is 2. The molecule has 0 unspecified atom stereocenters. The fraction of sp³-hybridized carbons (Fsp3) is 0.250. The number of aromatic amines is 2. The summed E-state index contributed by atoms with van der Waals surface area (Å²) in [7, 11) is 0. The van der Waals surface area contributed by atoms with E-state index in [1.54, 1.807) is 0 Å². The summed E-state index contributed by atoms with van der Waals surface area (Å²) in [6.45, 7) is 2.19. The molecular formula is C16H15N3O. The van der Waals surface area contributed by atoms with E-state index in [2.05, 4.69) is 22.1 Å². The van der Waals surface area contributed by atoms with E-state index in [4.69, 9.17) is 0 Å². The first-order valence-electron chi connectivity index (χ1n) is 6.84. The first kappa shape index (κ1) is 11.5. The van der Waals surface area contributed by atoms with Gasteiger partial charge in [0.05, 0.1) is 16.9 Å². The van der Waals surface area contributed by atoms with Crippen molar-refractivity contribution in [2.24, 2.45) is 4.99 Å². The van der Waals surface area contributed by atoms with Crippen LogP contribution in [0.2, 0.25) is 0 Å². The third-order valence-electron chi connectivity index (χ3n) is 4.28. The molecular weight excluding hydrogens is 250 g/mol. The van der Waals surface area contributed by atoms with Crippen LogP contribution in [0.5, 0.6) is 0 Å². The summed E-state index contributed by atoms with van der Waals surface area (Å²) in [5, 5.41) is 5.76. The fourth-order valence-electron chi connectivity index (χ4n) is 2.73. The first-order valence-corrected chi connectivity index (χ1v) is 6.84. The molecule has 0 saturated heterocycles. The van der Waals surface area contributed by atoms with Crippen LogP contribution in [0.15, 0.2) is 34.1 Å². The van der Waals surface area contributed by atoms with E-state index in [1.165, 1.54) is 0 Å². The number of fused-ring (bicyclic) bond motifs is 1. The SMILES string of the molecule is CC1(c2[nH][nH]c(=O)c2C=C2C=Nc3ccccc32)CC1. The minimum absolute atomic E-state index is 0.0570. The minimum Gasteiger partial charge on any atom is -0.301 e. The summed E-state index contributed by atoms with van der Waals surface area (Å²) in [4.78, 5) is 16.4. The lowest BCUT2D eigenvalue weighted by Gasteiger charge is -2.06. The summed E-state index contributed by atoms with van der Waals surface area (Å²) in [6.07, 6.45) is 6.03. The van der Waals surface area contributed by atoms with Gasteiger partial charge in [-0.1, -0.05) is 25.1 Å². The van der Waals surface area contributed by atoms with Crippen molar-refractivity contribution in [1.82, 2.24) is 10.2 Å². The molecule has 4 rings (SSSR count). The van der Waals surface area contributed by atoms with E-state index in [0.717, 1.165) is 40.9 Å². The highest BCUT2D eigenvalue weighted by atomic mass is 16.1. The third-order valence-corrected chi connectivity index (χ3v) is 4.28. The average molecular weight is 265 g/mol. The molecule has 2 N–H and O–H groups in total. The fourth-order valence-corrected chi connectivity index (χ4v) is 2.73. The molecule has 2 aliphatic rings. The lowest BCUT2D eigenvalue weighted by molar-refractivity contribution is 0.740. The van der Waals surface area contributed by atoms with Gasteiger partial charge in [-0.25, -0.2) is 0 Å². The second-order valence-corrected chi connectivity index (χ2v) is 5.80. The molecule has 20 heavy (non-hydrogen) atoms. The molecule has 1 aromatic heterocycles. The summed E-state index contributed by atoms with van der Waals surface area (Å²) in [6, 6.07) is 7.98. The summed E-state index contributed by atoms with van der Waals surface area (Å²) in [5.74, 6) is 0. The van der Waals surface area contributed by atoms with Crippen LogP contribution in [0.25, 0.3) is 11.6 Å². The Morgan fingerprint density at radius 3 is 2.85 bits per heavy atom. The highest BCUT2D eigenvalue weighted by molar-refractivity contribution is 6.21. The predicted molar refractivity (Wildman–Crippen MR) is 80.5 cm³/mol. The van der Waals surface area contributed by atoms with Gasteiger partial charge in [0.1, 0.15) is 0 Å². The average Bonchev–Trinajstić information content (AvgIpc) is 2.92. The molecule has 1 fully saturated rings. The smallest absolute Gasteiger partial charge is 0.271 e. The van der Waals surface area contributed by atoms with Crippen LogP contribution in [0, 0.1) is 0 Å². The van der Waals surface area contributed by atoms with Gasteiger partial charge in [0.2, 0.25) is 0 Å². The molecule has 4 heteroatoms. The van der Waals surface area contributed by atoms with E-state index >= 15 is 0 Å². The number of allylic oxidation sites excluding steroid dienone is 1. The maximum absolute atomic E-state index is 12.0. The highest BCUT2D eigenvalue weighted by Gasteiger charge is 2.42. The number of H-pyrrole nitrogens is 2. The molecule has 1 aromatic carbocycles. The van der Waals surface area contributed by atoms with Crippen LogP contribution in [-0.2, 0) is 5.41 Å². The lowest BCUT2D eigenvalue weighted by Crippen LogP contribution is -2.07. The second kappa shape index (κ2) is 3.82. The quantitative estimate of drug-likeness (QED) is 0.861. The Labute approximate surface area is 116 Å². The van der Waals surface area contributed by atoms with Crippen molar-refractivity contribution in [1.29, 1.82) is 0 Å². The summed E-state index contributed by atoms with van der Waals surface area (Å²) >= 11 is 0. The Hall–Kier alpha value is -2.36. The van der Waals surface area contributed by atoms with Crippen LogP contribution < -0.4 is 5.56 Å². The van der Waals surface area contributed by atoms with Gasteiger partial charge < -0.3 is 5.10 Å². The van der Waals surface area contributed by atoms with E-state index in [0.29, 0.717) is 0 Å². The Balaban J connectivity index is 1.85. The number of rotatable bonds is 2. The third kappa shape index (κ3) is 1.61. The van der Waals surface area contributed by atoms with Crippen LogP contribution >= 0.6 is 0 Å². The number of aromatic nitrogens is 2. The number of para-hydroxylation sites is 1. The molecule has 0 amide bonds. The van der Waals surface area contributed by atoms with Gasteiger partial charge in [0, 0.05) is 22.8 Å². The van der Waals surface area contributed by atoms with Gasteiger partial charge in [-0.3, -0.25) is 14.9 Å². The summed E-state index contributed by atoms with van der Waals surface area (Å²) < 4.78 is 0. The van der Waals surface area contributed by atoms with Crippen LogP contribution in [0.4, 0.5) is 5.69 Å². The number of aliphatic imine (C=N–C) groups is 1. The number of benzene rings is 1. The van der Waals surface area contributed by atoms with Gasteiger partial charge in [0.25, 0.3) is 5.56 Å². The lowest BCUT2D eigenvalue weighted by atomic mass is 9.98. The van der Waals surface area contributed by atoms with E-state index in [9.17, 15) is 4.79 Å². The monoisotopic (exact) mass is 265 g/mol. The van der Waals surface area contributed by atoms with Gasteiger partial charge in [-0.05, 0) is 25.0 Å². The van der Waals surface area contributed by atoms with E-state index in [-0.39, 0.29) is 11.0 Å². The largest absolute Gasteiger partial charge is 0.301 e. The topological polar surface area (TPSA) is 61.0 Å². The Bertz CT molecular complexity index is 803. The number of nitrogens with one attached hydrogen (secondary N) is 2. The van der Waals surface area contributed by atoms with E-state index in [1.807, 2.05) is 36.6 Å². The molecule has 0 atom stereocenters. The molecule has 0 bridgehead atoms. The van der Waals surface area contributed by atoms with Crippen molar-refractivity contribution in [3.05, 3.63) is 51.4 Å². The molecule has 0 radical (unpaired) electrons. The zero-order valence-corrected chi connectivity index (χ0v) is 11.2. The molecule has 1 saturated carbocycles. The highest BCUT2D eigenvalue weighted by Crippen LogP contribution is 2.47. The maximum Gasteiger partial charge on any atom is 0.271 e. The molecule has 4 nitrogen and oxygen atoms in total. The Kier molecular flexibility index (Phi) is 2.19. The van der Waals surface area contributed by atoms with Crippen molar-refractivity contribution in [3.8, 4) is 0 Å². The molecule has 2 aromatic rings. The number of hydrogen-bond acceptors (Lipinski definition) is 2. The Morgan fingerprint density at radius 2 is 2.05 bits per heavy atom. The van der Waals surface area contributed by atoms with Crippen LogP contribution in [0.1, 0.15) is 36.6 Å². The zero-order valence-electron chi connectivity index (χ0n) is 11.2. The zero-order chi connectivity index (χ0) is 13.7.